The highest BCUT2D eigenvalue weighted by molar-refractivity contribution is 7.15. The number of nitrogens with zero attached hydrogens (tertiary/aromatic N) is 1. The highest BCUT2D eigenvalue weighted by Crippen LogP contribution is 2.27. The topological polar surface area (TPSA) is 51.2 Å². The second-order valence-corrected chi connectivity index (χ2v) is 5.85. The second-order valence-electron chi connectivity index (χ2n) is 4.77. The van der Waals surface area contributed by atoms with Crippen LogP contribution in [0.5, 0.6) is 0 Å². The van der Waals surface area contributed by atoms with Crippen LogP contribution in [0.2, 0.25) is 0 Å². The van der Waals surface area contributed by atoms with Crippen molar-refractivity contribution in [3.05, 3.63) is 40.9 Å². The van der Waals surface area contributed by atoms with E-state index in [0.29, 0.717) is 19.6 Å². The molecule has 4 nitrogen and oxygen atoms in total. The minimum absolute atomic E-state index is 0.0393. The van der Waals surface area contributed by atoms with Crippen LogP contribution in [0.1, 0.15) is 17.0 Å². The molecule has 0 fully saturated rings. The Morgan fingerprint density at radius 3 is 2.81 bits per heavy atom. The minimum atomic E-state index is 0.0393. The zero-order valence-electron chi connectivity index (χ0n) is 12.4. The maximum atomic E-state index is 11.9. The number of aryl methyl sites for hydroxylation is 1. The number of hydrogen-bond acceptors (Lipinski definition) is 4. The van der Waals surface area contributed by atoms with Crippen LogP contribution in [0, 0.1) is 6.92 Å². The first-order valence-electron chi connectivity index (χ1n) is 6.98. The first-order chi connectivity index (χ1) is 10.2. The summed E-state index contributed by atoms with van der Waals surface area (Å²) in [6.45, 7) is 3.27. The molecule has 0 aliphatic rings. The third kappa shape index (κ3) is 4.65. The maximum absolute atomic E-state index is 11.9. The summed E-state index contributed by atoms with van der Waals surface area (Å²) < 4.78 is 4.95. The molecule has 2 aromatic rings. The molecular weight excluding hydrogens is 284 g/mol. The number of aromatic nitrogens is 1. The highest BCUT2D eigenvalue weighted by atomic mass is 32.1. The number of thiazole rings is 1. The number of hydrogen-bond donors (Lipinski definition) is 1. The molecule has 0 radical (unpaired) electrons. The summed E-state index contributed by atoms with van der Waals surface area (Å²) in [6, 6.07) is 10.0. The van der Waals surface area contributed by atoms with Crippen LogP contribution in [-0.2, 0) is 16.0 Å². The van der Waals surface area contributed by atoms with Gasteiger partial charge in [-0.05, 0) is 13.3 Å². The van der Waals surface area contributed by atoms with Crippen LogP contribution in [0.3, 0.4) is 0 Å². The summed E-state index contributed by atoms with van der Waals surface area (Å²) in [7, 11) is 1.66. The van der Waals surface area contributed by atoms with Gasteiger partial charge in [0.1, 0.15) is 5.01 Å². The molecule has 1 N–H and O–H groups in total. The van der Waals surface area contributed by atoms with E-state index in [2.05, 4.69) is 10.3 Å². The molecular formula is C16H20N2O2S. The van der Waals surface area contributed by atoms with Gasteiger partial charge in [0.25, 0.3) is 0 Å². The van der Waals surface area contributed by atoms with Gasteiger partial charge in [-0.3, -0.25) is 4.79 Å². The molecule has 1 amide bonds. The largest absolute Gasteiger partial charge is 0.385 e. The number of nitrogens with one attached hydrogen (secondary N) is 1. The minimum Gasteiger partial charge on any atom is -0.385 e. The zero-order valence-corrected chi connectivity index (χ0v) is 13.2. The Morgan fingerprint density at radius 1 is 1.33 bits per heavy atom. The van der Waals surface area contributed by atoms with Gasteiger partial charge < -0.3 is 10.1 Å². The Labute approximate surface area is 129 Å². The molecule has 1 aromatic heterocycles. The SMILES string of the molecule is COCCCNC(=O)Cc1sc(-c2ccccc2)nc1C. The molecule has 0 saturated heterocycles. The molecule has 0 saturated carbocycles. The predicted molar refractivity (Wildman–Crippen MR) is 85.5 cm³/mol. The van der Waals surface area contributed by atoms with Crippen molar-refractivity contribution in [2.24, 2.45) is 0 Å². The van der Waals surface area contributed by atoms with Crippen molar-refractivity contribution in [2.75, 3.05) is 20.3 Å². The lowest BCUT2D eigenvalue weighted by Gasteiger charge is -2.03. The van der Waals surface area contributed by atoms with Gasteiger partial charge in [0, 0.05) is 30.7 Å². The Morgan fingerprint density at radius 2 is 2.10 bits per heavy atom. The summed E-state index contributed by atoms with van der Waals surface area (Å²) >= 11 is 1.59. The third-order valence-corrected chi connectivity index (χ3v) is 4.29. The van der Waals surface area contributed by atoms with E-state index >= 15 is 0 Å². The van der Waals surface area contributed by atoms with Crippen LogP contribution in [0.15, 0.2) is 30.3 Å². The number of methoxy groups -OCH3 is 1. The molecule has 5 heteroatoms. The fourth-order valence-corrected chi connectivity index (χ4v) is 3.02. The summed E-state index contributed by atoms with van der Waals surface area (Å²) in [6.07, 6.45) is 1.22. The molecule has 0 spiro atoms. The fraction of sp³-hybridized carbons (Fsp3) is 0.375. The van der Waals surface area contributed by atoms with Crippen LogP contribution >= 0.6 is 11.3 Å². The van der Waals surface area contributed by atoms with Gasteiger partial charge in [-0.1, -0.05) is 30.3 Å². The summed E-state index contributed by atoms with van der Waals surface area (Å²) in [5.74, 6) is 0.0393. The number of carbonyl (C=O) groups is 1. The second kappa shape index (κ2) is 7.90. The molecule has 1 heterocycles. The molecule has 0 aliphatic heterocycles. The summed E-state index contributed by atoms with van der Waals surface area (Å²) in [5, 5.41) is 3.87. The lowest BCUT2D eigenvalue weighted by molar-refractivity contribution is -0.120. The predicted octanol–water partition coefficient (Wildman–Crippen LogP) is 2.81. The standard InChI is InChI=1S/C16H20N2O2S/c1-12-14(11-15(19)17-9-6-10-20-2)21-16(18-12)13-7-4-3-5-8-13/h3-5,7-8H,6,9-11H2,1-2H3,(H,17,19). The van der Waals surface area contributed by atoms with E-state index in [0.717, 1.165) is 27.6 Å². The van der Waals surface area contributed by atoms with Crippen molar-refractivity contribution in [3.63, 3.8) is 0 Å². The van der Waals surface area contributed by atoms with Crippen LogP contribution in [0.4, 0.5) is 0 Å². The zero-order chi connectivity index (χ0) is 15.1. The molecule has 0 unspecified atom stereocenters. The molecule has 0 atom stereocenters. The van der Waals surface area contributed by atoms with Crippen molar-refractivity contribution in [1.29, 1.82) is 0 Å². The fourth-order valence-electron chi connectivity index (χ4n) is 1.95. The number of rotatable bonds is 7. The number of benzene rings is 1. The van der Waals surface area contributed by atoms with Crippen molar-refractivity contribution >= 4 is 17.2 Å². The average molecular weight is 304 g/mol. The van der Waals surface area contributed by atoms with E-state index in [-0.39, 0.29) is 5.91 Å². The summed E-state index contributed by atoms with van der Waals surface area (Å²) in [5.41, 5.74) is 2.03. The number of ether oxygens (including phenoxy) is 1. The first kappa shape index (κ1) is 15.7. The lowest BCUT2D eigenvalue weighted by Crippen LogP contribution is -2.26. The van der Waals surface area contributed by atoms with Crippen LogP contribution in [-0.4, -0.2) is 31.2 Å². The van der Waals surface area contributed by atoms with E-state index in [1.807, 2.05) is 37.3 Å². The van der Waals surface area contributed by atoms with Gasteiger partial charge in [0.05, 0.1) is 12.1 Å². The first-order valence-corrected chi connectivity index (χ1v) is 7.79. The van der Waals surface area contributed by atoms with Gasteiger partial charge in [-0.2, -0.15) is 0 Å². The molecule has 112 valence electrons. The van der Waals surface area contributed by atoms with Crippen molar-refractivity contribution in [2.45, 2.75) is 19.8 Å². The van der Waals surface area contributed by atoms with Gasteiger partial charge in [-0.25, -0.2) is 4.98 Å². The number of carbonyl (C=O) groups excluding carboxylic acids is 1. The average Bonchev–Trinajstić information content (AvgIpc) is 2.86. The third-order valence-electron chi connectivity index (χ3n) is 3.08. The van der Waals surface area contributed by atoms with Gasteiger partial charge in [-0.15, -0.1) is 11.3 Å². The van der Waals surface area contributed by atoms with Crippen molar-refractivity contribution < 1.29 is 9.53 Å². The molecule has 1 aromatic carbocycles. The van der Waals surface area contributed by atoms with Gasteiger partial charge in [0.2, 0.25) is 5.91 Å². The van der Waals surface area contributed by atoms with E-state index < -0.39 is 0 Å². The van der Waals surface area contributed by atoms with Crippen molar-refractivity contribution in [1.82, 2.24) is 10.3 Å². The van der Waals surface area contributed by atoms with E-state index in [9.17, 15) is 4.79 Å². The Hall–Kier alpha value is -1.72. The smallest absolute Gasteiger partial charge is 0.225 e. The van der Waals surface area contributed by atoms with Gasteiger partial charge >= 0.3 is 0 Å². The van der Waals surface area contributed by atoms with Crippen LogP contribution < -0.4 is 5.32 Å². The molecule has 21 heavy (non-hydrogen) atoms. The number of amides is 1. The normalized spacial score (nSPS) is 10.6. The van der Waals surface area contributed by atoms with Gasteiger partial charge in [0.15, 0.2) is 0 Å². The Balaban J connectivity index is 1.95. The van der Waals surface area contributed by atoms with E-state index in [4.69, 9.17) is 4.74 Å². The highest BCUT2D eigenvalue weighted by Gasteiger charge is 2.12. The maximum Gasteiger partial charge on any atom is 0.225 e. The Bertz CT molecular complexity index is 581. The molecule has 0 bridgehead atoms. The summed E-state index contributed by atoms with van der Waals surface area (Å²) in [4.78, 5) is 17.5. The monoisotopic (exact) mass is 304 g/mol. The lowest BCUT2D eigenvalue weighted by atomic mass is 10.2. The van der Waals surface area contributed by atoms with Crippen molar-refractivity contribution in [3.8, 4) is 10.6 Å². The van der Waals surface area contributed by atoms with Crippen LogP contribution in [0.25, 0.3) is 10.6 Å². The molecule has 0 aliphatic carbocycles. The van der Waals surface area contributed by atoms with E-state index in [1.165, 1.54) is 0 Å². The van der Waals surface area contributed by atoms with E-state index in [1.54, 1.807) is 18.4 Å². The quantitative estimate of drug-likeness (QED) is 0.800. The Kier molecular flexibility index (Phi) is 5.90. The molecule has 2 rings (SSSR count).